The highest BCUT2D eigenvalue weighted by Crippen LogP contribution is 2.31. The first-order chi connectivity index (χ1) is 12.9. The summed E-state index contributed by atoms with van der Waals surface area (Å²) in [5.74, 6) is 0. The van der Waals surface area contributed by atoms with Crippen molar-refractivity contribution in [2.75, 3.05) is 0 Å². The smallest absolute Gasteiger partial charge is 0.222 e. The lowest BCUT2D eigenvalue weighted by atomic mass is 10.3. The summed E-state index contributed by atoms with van der Waals surface area (Å²) in [5.41, 5.74) is 0.316. The van der Waals surface area contributed by atoms with Gasteiger partial charge in [0.1, 0.15) is 0 Å². The molecule has 0 bridgehead atoms. The van der Waals surface area contributed by atoms with Crippen LogP contribution in [0.1, 0.15) is 0 Å². The Morgan fingerprint density at radius 1 is 0.593 bits per heavy atom. The summed E-state index contributed by atoms with van der Waals surface area (Å²) in [6.45, 7) is 0. The molecule has 1 aromatic heterocycles. The second-order valence-electron chi connectivity index (χ2n) is 5.94. The van der Waals surface area contributed by atoms with Crippen LogP contribution in [0.4, 0.5) is 0 Å². The maximum absolute atomic E-state index is 13.3. The Morgan fingerprint density at radius 3 is 1.74 bits per heavy atom. The molecule has 0 aliphatic rings. The quantitative estimate of drug-likeness (QED) is 0.526. The molecule has 0 unspecified atom stereocenters. The minimum Gasteiger partial charge on any atom is -0.222 e. The van der Waals surface area contributed by atoms with Crippen molar-refractivity contribution in [2.24, 2.45) is 0 Å². The number of fused-ring (bicyclic) bond motifs is 1. The standard InChI is InChI=1S/C20H15NO4S2/c22-26(23,17-10-3-1-4-11-17)20-15-16-9-7-8-14-19(16)21(20)27(24,25)18-12-5-2-6-13-18/h1-15H. The Balaban J connectivity index is 2.09. The van der Waals surface area contributed by atoms with Crippen molar-refractivity contribution in [3.8, 4) is 0 Å². The van der Waals surface area contributed by atoms with Crippen molar-refractivity contribution in [3.63, 3.8) is 0 Å². The van der Waals surface area contributed by atoms with E-state index in [2.05, 4.69) is 0 Å². The number of aromatic nitrogens is 1. The summed E-state index contributed by atoms with van der Waals surface area (Å²) in [6.07, 6.45) is 0. The number of nitrogens with zero attached hydrogens (tertiary/aromatic N) is 1. The van der Waals surface area contributed by atoms with E-state index in [1.165, 1.54) is 30.3 Å². The van der Waals surface area contributed by atoms with Crippen LogP contribution in [0.2, 0.25) is 0 Å². The van der Waals surface area contributed by atoms with Gasteiger partial charge in [-0.15, -0.1) is 0 Å². The fraction of sp³-hybridized carbons (Fsp3) is 0. The number of para-hydroxylation sites is 1. The average Bonchev–Trinajstić information content (AvgIpc) is 3.11. The summed E-state index contributed by atoms with van der Waals surface area (Å²) in [6, 6.07) is 23.7. The summed E-state index contributed by atoms with van der Waals surface area (Å²) in [4.78, 5) is 0.0631. The third-order valence-electron chi connectivity index (χ3n) is 4.24. The van der Waals surface area contributed by atoms with E-state index in [0.29, 0.717) is 10.9 Å². The minimum atomic E-state index is -4.11. The van der Waals surface area contributed by atoms with E-state index in [9.17, 15) is 16.8 Å². The van der Waals surface area contributed by atoms with Crippen LogP contribution in [0.5, 0.6) is 0 Å². The third-order valence-corrected chi connectivity index (χ3v) is 7.85. The number of rotatable bonds is 4. The topological polar surface area (TPSA) is 73.2 Å². The first-order valence-corrected chi connectivity index (χ1v) is 11.1. The van der Waals surface area contributed by atoms with Crippen LogP contribution in [0.25, 0.3) is 10.9 Å². The number of hydrogen-bond acceptors (Lipinski definition) is 4. The van der Waals surface area contributed by atoms with Gasteiger partial charge in [-0.3, -0.25) is 0 Å². The molecule has 0 radical (unpaired) electrons. The van der Waals surface area contributed by atoms with Crippen molar-refractivity contribution in [3.05, 3.63) is 91.0 Å². The highest BCUT2D eigenvalue weighted by Gasteiger charge is 2.30. The predicted molar refractivity (Wildman–Crippen MR) is 103 cm³/mol. The van der Waals surface area contributed by atoms with E-state index in [1.54, 1.807) is 60.7 Å². The molecule has 4 aromatic rings. The van der Waals surface area contributed by atoms with Crippen molar-refractivity contribution in [1.82, 2.24) is 3.97 Å². The number of benzene rings is 3. The fourth-order valence-corrected chi connectivity index (χ4v) is 6.33. The lowest BCUT2D eigenvalue weighted by Crippen LogP contribution is -2.18. The Kier molecular flexibility index (Phi) is 4.13. The predicted octanol–water partition coefficient (Wildman–Crippen LogP) is 3.71. The highest BCUT2D eigenvalue weighted by atomic mass is 32.2. The number of hydrogen-bond donors (Lipinski definition) is 0. The van der Waals surface area contributed by atoms with Crippen molar-refractivity contribution >= 4 is 30.8 Å². The van der Waals surface area contributed by atoms with E-state index in [4.69, 9.17) is 0 Å². The second kappa shape index (κ2) is 6.37. The van der Waals surface area contributed by atoms with E-state index in [1.807, 2.05) is 0 Å². The first-order valence-electron chi connectivity index (χ1n) is 8.13. The molecule has 0 fully saturated rings. The van der Waals surface area contributed by atoms with Gasteiger partial charge in [-0.05, 0) is 36.4 Å². The van der Waals surface area contributed by atoms with Crippen LogP contribution in [0.15, 0.2) is 106 Å². The zero-order valence-corrected chi connectivity index (χ0v) is 15.7. The molecule has 0 amide bonds. The number of sulfone groups is 1. The molecule has 0 saturated carbocycles. The van der Waals surface area contributed by atoms with Crippen LogP contribution < -0.4 is 0 Å². The fourth-order valence-electron chi connectivity index (χ4n) is 2.96. The summed E-state index contributed by atoms with van der Waals surface area (Å²) in [5, 5.41) is 0.255. The molecule has 27 heavy (non-hydrogen) atoms. The molecule has 0 N–H and O–H groups in total. The minimum absolute atomic E-state index is 0.0239. The lowest BCUT2D eigenvalue weighted by Gasteiger charge is -2.12. The SMILES string of the molecule is O=S(=O)(c1ccccc1)c1cc2ccccc2n1S(=O)(=O)c1ccccc1. The largest absolute Gasteiger partial charge is 0.269 e. The summed E-state index contributed by atoms with van der Waals surface area (Å²) >= 11 is 0. The van der Waals surface area contributed by atoms with Crippen LogP contribution in [-0.2, 0) is 19.9 Å². The highest BCUT2D eigenvalue weighted by molar-refractivity contribution is 7.93. The van der Waals surface area contributed by atoms with Crippen LogP contribution >= 0.6 is 0 Å². The molecular formula is C20H15NO4S2. The molecule has 0 atom stereocenters. The van der Waals surface area contributed by atoms with Crippen molar-refractivity contribution in [1.29, 1.82) is 0 Å². The molecular weight excluding hydrogens is 382 g/mol. The molecule has 0 aliphatic heterocycles. The maximum Gasteiger partial charge on any atom is 0.269 e. The van der Waals surface area contributed by atoms with Crippen LogP contribution in [-0.4, -0.2) is 20.8 Å². The Morgan fingerprint density at radius 2 is 1.11 bits per heavy atom. The molecule has 136 valence electrons. The Hall–Kier alpha value is -2.90. The van der Waals surface area contributed by atoms with Gasteiger partial charge in [0.05, 0.1) is 15.3 Å². The van der Waals surface area contributed by atoms with Crippen molar-refractivity contribution < 1.29 is 16.8 Å². The molecule has 4 rings (SSSR count). The lowest BCUT2D eigenvalue weighted by molar-refractivity contribution is 0.574. The van der Waals surface area contributed by atoms with Crippen molar-refractivity contribution in [2.45, 2.75) is 14.8 Å². The van der Waals surface area contributed by atoms with E-state index >= 15 is 0 Å². The Labute approximate surface area is 157 Å². The van der Waals surface area contributed by atoms with Gasteiger partial charge in [0.15, 0.2) is 5.03 Å². The van der Waals surface area contributed by atoms with Gasteiger partial charge in [-0.2, -0.15) is 0 Å². The van der Waals surface area contributed by atoms with Crippen LogP contribution in [0, 0.1) is 0 Å². The zero-order valence-electron chi connectivity index (χ0n) is 14.1. The average molecular weight is 397 g/mol. The Bertz CT molecular complexity index is 1320. The molecule has 5 nitrogen and oxygen atoms in total. The van der Waals surface area contributed by atoms with Gasteiger partial charge in [0.25, 0.3) is 10.0 Å². The van der Waals surface area contributed by atoms with E-state index in [-0.39, 0.29) is 14.8 Å². The molecule has 1 heterocycles. The van der Waals surface area contributed by atoms with Gasteiger partial charge >= 0.3 is 0 Å². The zero-order chi connectivity index (χ0) is 19.1. The van der Waals surface area contributed by atoms with E-state index < -0.39 is 19.9 Å². The van der Waals surface area contributed by atoms with Gasteiger partial charge in [-0.25, -0.2) is 20.8 Å². The monoisotopic (exact) mass is 397 g/mol. The van der Waals surface area contributed by atoms with E-state index in [0.717, 1.165) is 3.97 Å². The normalized spacial score (nSPS) is 12.3. The second-order valence-corrected chi connectivity index (χ2v) is 9.62. The van der Waals surface area contributed by atoms with Crippen LogP contribution in [0.3, 0.4) is 0 Å². The summed E-state index contributed by atoms with van der Waals surface area (Å²) < 4.78 is 54.0. The van der Waals surface area contributed by atoms with Gasteiger partial charge in [-0.1, -0.05) is 54.6 Å². The summed E-state index contributed by atoms with van der Waals surface area (Å²) in [7, 11) is -8.15. The van der Waals surface area contributed by atoms with Gasteiger partial charge < -0.3 is 0 Å². The molecule has 0 saturated heterocycles. The molecule has 3 aromatic carbocycles. The first kappa shape index (κ1) is 17.5. The van der Waals surface area contributed by atoms with Gasteiger partial charge in [0, 0.05) is 5.39 Å². The van der Waals surface area contributed by atoms with Gasteiger partial charge in [0.2, 0.25) is 9.84 Å². The third kappa shape index (κ3) is 2.85. The molecule has 0 spiro atoms. The molecule has 0 aliphatic carbocycles. The molecule has 7 heteroatoms. The maximum atomic E-state index is 13.3.